The quantitative estimate of drug-likeness (QED) is 0.205. The summed E-state index contributed by atoms with van der Waals surface area (Å²) in [5.41, 5.74) is 0. The lowest BCUT2D eigenvalue weighted by molar-refractivity contribution is 0.0633. The van der Waals surface area contributed by atoms with Crippen molar-refractivity contribution in [3.63, 3.8) is 0 Å². The third-order valence-electron chi connectivity index (χ3n) is 5.01. The molecule has 1 aliphatic carbocycles. The van der Waals surface area contributed by atoms with E-state index in [9.17, 15) is 0 Å². The lowest BCUT2D eigenvalue weighted by Crippen LogP contribution is -2.49. The van der Waals surface area contributed by atoms with Crippen LogP contribution in [0.1, 0.15) is 104 Å². The van der Waals surface area contributed by atoms with E-state index in [0.29, 0.717) is 0 Å². The standard InChI is InChI=1S/C23H44O3Si/c1-4-7-15-20-24-27(25-21-16-8-5-2,26-22-17-9-6-3)23-18-13-11-10-12-14-19-23/h11,13,18H,4-10,12,14-17,19-22H2,1-3H3/b13-11-,23-18+. The van der Waals surface area contributed by atoms with E-state index in [0.717, 1.165) is 45.5 Å². The van der Waals surface area contributed by atoms with Gasteiger partial charge in [-0.15, -0.1) is 0 Å². The van der Waals surface area contributed by atoms with Gasteiger partial charge in [-0.05, 0) is 44.9 Å². The SMILES string of the molecule is CCCCCO[Si](OCCCCC)(OCCCCC)/C1=C/C=C\CCCC1. The van der Waals surface area contributed by atoms with Crippen LogP contribution in [0.15, 0.2) is 23.4 Å². The highest BCUT2D eigenvalue weighted by Gasteiger charge is 2.45. The first-order valence-corrected chi connectivity index (χ1v) is 13.3. The summed E-state index contributed by atoms with van der Waals surface area (Å²) in [6.07, 6.45) is 21.8. The van der Waals surface area contributed by atoms with Gasteiger partial charge in [-0.2, -0.15) is 0 Å². The van der Waals surface area contributed by atoms with Gasteiger partial charge >= 0.3 is 8.80 Å². The Morgan fingerprint density at radius 1 is 0.741 bits per heavy atom. The smallest absolute Gasteiger partial charge is 0.370 e. The van der Waals surface area contributed by atoms with Gasteiger partial charge in [0, 0.05) is 25.0 Å². The third kappa shape index (κ3) is 10.6. The summed E-state index contributed by atoms with van der Waals surface area (Å²) in [4.78, 5) is 0. The fourth-order valence-electron chi connectivity index (χ4n) is 3.28. The van der Waals surface area contributed by atoms with E-state index in [-0.39, 0.29) is 0 Å². The molecule has 0 radical (unpaired) electrons. The average Bonchev–Trinajstić information content (AvgIpc) is 2.65. The van der Waals surface area contributed by atoms with Gasteiger partial charge in [0.05, 0.1) is 0 Å². The van der Waals surface area contributed by atoms with Crippen LogP contribution in [0.3, 0.4) is 0 Å². The van der Waals surface area contributed by atoms with Gasteiger partial charge < -0.3 is 13.3 Å². The predicted octanol–water partition coefficient (Wildman–Crippen LogP) is 7.14. The Kier molecular flexibility index (Phi) is 15.1. The fourth-order valence-corrected chi connectivity index (χ4v) is 6.10. The molecule has 0 saturated carbocycles. The molecular formula is C23H44O3Si. The Hall–Kier alpha value is -0.423. The van der Waals surface area contributed by atoms with E-state index in [1.165, 1.54) is 63.0 Å². The van der Waals surface area contributed by atoms with Crippen molar-refractivity contribution in [1.82, 2.24) is 0 Å². The minimum Gasteiger partial charge on any atom is -0.370 e. The fraction of sp³-hybridized carbons (Fsp3) is 0.826. The van der Waals surface area contributed by atoms with Gasteiger partial charge in [0.15, 0.2) is 0 Å². The molecule has 158 valence electrons. The second-order valence-electron chi connectivity index (χ2n) is 7.59. The first-order valence-electron chi connectivity index (χ1n) is 11.6. The Balaban J connectivity index is 2.90. The maximum Gasteiger partial charge on any atom is 0.532 e. The normalized spacial score (nSPS) is 18.6. The molecule has 0 amide bonds. The molecule has 1 aliphatic rings. The molecule has 0 aromatic carbocycles. The van der Waals surface area contributed by atoms with E-state index in [1.54, 1.807) is 0 Å². The van der Waals surface area contributed by atoms with E-state index in [2.05, 4.69) is 39.0 Å². The van der Waals surface area contributed by atoms with Crippen molar-refractivity contribution in [2.75, 3.05) is 19.8 Å². The molecule has 0 bridgehead atoms. The first-order chi connectivity index (χ1) is 13.3. The molecule has 0 aromatic rings. The van der Waals surface area contributed by atoms with Crippen LogP contribution < -0.4 is 0 Å². The highest BCUT2D eigenvalue weighted by atomic mass is 28.4. The van der Waals surface area contributed by atoms with Crippen LogP contribution in [0.5, 0.6) is 0 Å². The average molecular weight is 397 g/mol. The summed E-state index contributed by atoms with van der Waals surface area (Å²) in [6.45, 7) is 8.95. The van der Waals surface area contributed by atoms with E-state index >= 15 is 0 Å². The lowest BCUT2D eigenvalue weighted by atomic mass is 10.1. The van der Waals surface area contributed by atoms with Crippen molar-refractivity contribution in [2.45, 2.75) is 104 Å². The van der Waals surface area contributed by atoms with Crippen molar-refractivity contribution in [3.8, 4) is 0 Å². The summed E-state index contributed by atoms with van der Waals surface area (Å²) >= 11 is 0. The molecule has 0 heterocycles. The largest absolute Gasteiger partial charge is 0.532 e. The van der Waals surface area contributed by atoms with Gasteiger partial charge in [0.1, 0.15) is 0 Å². The summed E-state index contributed by atoms with van der Waals surface area (Å²) in [5, 5.41) is 1.29. The Morgan fingerprint density at radius 3 is 1.74 bits per heavy atom. The highest BCUT2D eigenvalue weighted by Crippen LogP contribution is 2.28. The summed E-state index contributed by atoms with van der Waals surface area (Å²) in [6, 6.07) is 0. The van der Waals surface area contributed by atoms with Gasteiger partial charge in [-0.25, -0.2) is 0 Å². The molecule has 0 spiro atoms. The molecule has 27 heavy (non-hydrogen) atoms. The van der Waals surface area contributed by atoms with Crippen molar-refractivity contribution in [3.05, 3.63) is 23.4 Å². The van der Waals surface area contributed by atoms with Crippen LogP contribution in [0.25, 0.3) is 0 Å². The zero-order chi connectivity index (χ0) is 19.6. The summed E-state index contributed by atoms with van der Waals surface area (Å²) in [5.74, 6) is 0. The maximum absolute atomic E-state index is 6.52. The number of allylic oxidation sites excluding steroid dienone is 4. The summed E-state index contributed by atoms with van der Waals surface area (Å²) < 4.78 is 19.6. The molecule has 0 saturated heterocycles. The predicted molar refractivity (Wildman–Crippen MR) is 118 cm³/mol. The minimum atomic E-state index is -2.79. The zero-order valence-electron chi connectivity index (χ0n) is 18.3. The topological polar surface area (TPSA) is 27.7 Å². The van der Waals surface area contributed by atoms with Gasteiger partial charge in [-0.3, -0.25) is 0 Å². The summed E-state index contributed by atoms with van der Waals surface area (Å²) in [7, 11) is -2.79. The molecule has 0 N–H and O–H groups in total. The van der Waals surface area contributed by atoms with E-state index in [1.807, 2.05) is 0 Å². The number of unbranched alkanes of at least 4 members (excludes halogenated alkanes) is 6. The van der Waals surface area contributed by atoms with Crippen LogP contribution in [0.2, 0.25) is 0 Å². The number of rotatable bonds is 16. The Bertz CT molecular complexity index is 375. The number of hydrogen-bond acceptors (Lipinski definition) is 3. The molecule has 0 aromatic heterocycles. The minimum absolute atomic E-state index is 0.753. The number of hydrogen-bond donors (Lipinski definition) is 0. The zero-order valence-corrected chi connectivity index (χ0v) is 19.3. The monoisotopic (exact) mass is 396 g/mol. The van der Waals surface area contributed by atoms with Crippen LogP contribution in [-0.4, -0.2) is 28.6 Å². The lowest BCUT2D eigenvalue weighted by Gasteiger charge is -2.32. The molecule has 0 unspecified atom stereocenters. The second kappa shape index (κ2) is 16.5. The van der Waals surface area contributed by atoms with Crippen molar-refractivity contribution in [2.24, 2.45) is 0 Å². The molecule has 1 rings (SSSR count). The third-order valence-corrected chi connectivity index (χ3v) is 7.97. The van der Waals surface area contributed by atoms with Gasteiger partial charge in [0.2, 0.25) is 0 Å². The Morgan fingerprint density at radius 2 is 1.26 bits per heavy atom. The van der Waals surface area contributed by atoms with Crippen LogP contribution >= 0.6 is 0 Å². The van der Waals surface area contributed by atoms with Crippen molar-refractivity contribution >= 4 is 8.80 Å². The van der Waals surface area contributed by atoms with Crippen LogP contribution in [0, 0.1) is 0 Å². The van der Waals surface area contributed by atoms with Gasteiger partial charge in [0.25, 0.3) is 0 Å². The molecular weight excluding hydrogens is 352 g/mol. The molecule has 3 nitrogen and oxygen atoms in total. The second-order valence-corrected chi connectivity index (χ2v) is 10.2. The van der Waals surface area contributed by atoms with E-state index in [4.69, 9.17) is 13.3 Å². The molecule has 4 heteroatoms. The molecule has 0 atom stereocenters. The molecule has 0 aliphatic heterocycles. The van der Waals surface area contributed by atoms with Crippen molar-refractivity contribution in [1.29, 1.82) is 0 Å². The maximum atomic E-state index is 6.52. The van der Waals surface area contributed by atoms with Crippen molar-refractivity contribution < 1.29 is 13.3 Å². The first kappa shape index (κ1) is 24.6. The van der Waals surface area contributed by atoms with Gasteiger partial charge in [-0.1, -0.05) is 77.5 Å². The van der Waals surface area contributed by atoms with Crippen LogP contribution in [-0.2, 0) is 13.3 Å². The Labute approximate surface area is 169 Å². The van der Waals surface area contributed by atoms with Crippen LogP contribution in [0.4, 0.5) is 0 Å². The highest BCUT2D eigenvalue weighted by molar-refractivity contribution is 6.68. The van der Waals surface area contributed by atoms with E-state index < -0.39 is 8.80 Å². The molecule has 0 fully saturated rings.